The van der Waals surface area contributed by atoms with Crippen molar-refractivity contribution in [1.29, 1.82) is 0 Å². The van der Waals surface area contributed by atoms with Gasteiger partial charge in [-0.1, -0.05) is 57.6 Å². The highest BCUT2D eigenvalue weighted by Gasteiger charge is 2.38. The van der Waals surface area contributed by atoms with Crippen LogP contribution in [0.4, 0.5) is 5.69 Å². The minimum absolute atomic E-state index is 0.335. The smallest absolute Gasteiger partial charge is 0.107 e. The average Bonchev–Trinajstić information content (AvgIpc) is 2.23. The Hall–Kier alpha value is -0.800. The van der Waals surface area contributed by atoms with Crippen molar-refractivity contribution in [3.8, 4) is 0 Å². The molecule has 0 saturated heterocycles. The molecule has 1 aliphatic rings. The van der Waals surface area contributed by atoms with Crippen molar-refractivity contribution < 1.29 is 0 Å². The topological polar surface area (TPSA) is 38.0 Å². The summed E-state index contributed by atoms with van der Waals surface area (Å²) in [7, 11) is 0. The first-order valence-electron chi connectivity index (χ1n) is 7.45. The largest absolute Gasteiger partial charge is 0.389 e. The zero-order chi connectivity index (χ0) is 15.8. The van der Waals surface area contributed by atoms with Crippen molar-refractivity contribution in [1.82, 2.24) is 0 Å². The van der Waals surface area contributed by atoms with Gasteiger partial charge in [-0.15, -0.1) is 0 Å². The van der Waals surface area contributed by atoms with Gasteiger partial charge in [0.2, 0.25) is 0 Å². The molecular weight excluding hydrogens is 300 g/mol. The predicted octanol–water partition coefficient (Wildman–Crippen LogP) is 4.99. The highest BCUT2D eigenvalue weighted by atomic mass is 35.5. The number of hydrogen-bond donors (Lipinski definition) is 2. The molecule has 0 aromatic heterocycles. The number of benzene rings is 1. The minimum Gasteiger partial charge on any atom is -0.389 e. The summed E-state index contributed by atoms with van der Waals surface area (Å²) in [5.41, 5.74) is 8.22. The van der Waals surface area contributed by atoms with Gasteiger partial charge in [-0.3, -0.25) is 0 Å². The standard InChI is InChI=1S/C17H25ClN2S/c1-16(2)8-11(9-17(3,4)10-16)20-13-7-5-6-12(18)14(13)15(19)21/h5-7,11,20H,8-10H2,1-4H3,(H2,19,21). The monoisotopic (exact) mass is 324 g/mol. The fourth-order valence-electron chi connectivity index (χ4n) is 4.06. The van der Waals surface area contributed by atoms with Crippen molar-refractivity contribution in [2.45, 2.75) is 53.0 Å². The lowest BCUT2D eigenvalue weighted by molar-refractivity contribution is 0.105. The molecule has 0 amide bonds. The number of hydrogen-bond acceptors (Lipinski definition) is 2. The van der Waals surface area contributed by atoms with Crippen molar-refractivity contribution in [2.75, 3.05) is 5.32 Å². The van der Waals surface area contributed by atoms with E-state index < -0.39 is 0 Å². The second-order valence-electron chi connectivity index (χ2n) is 7.78. The molecule has 1 aromatic rings. The van der Waals surface area contributed by atoms with E-state index in [1.54, 1.807) is 0 Å². The van der Waals surface area contributed by atoms with E-state index in [4.69, 9.17) is 29.6 Å². The van der Waals surface area contributed by atoms with Crippen LogP contribution in [-0.2, 0) is 0 Å². The molecule has 3 N–H and O–H groups in total. The van der Waals surface area contributed by atoms with Gasteiger partial charge in [0.15, 0.2) is 0 Å². The zero-order valence-corrected chi connectivity index (χ0v) is 14.9. The van der Waals surface area contributed by atoms with Crippen LogP contribution in [0.2, 0.25) is 5.02 Å². The second-order valence-corrected chi connectivity index (χ2v) is 8.63. The average molecular weight is 325 g/mol. The van der Waals surface area contributed by atoms with Crippen LogP contribution in [0.5, 0.6) is 0 Å². The first kappa shape index (κ1) is 16.6. The highest BCUT2D eigenvalue weighted by molar-refractivity contribution is 7.80. The Balaban J connectivity index is 2.26. The maximum Gasteiger partial charge on any atom is 0.107 e. The maximum absolute atomic E-state index is 6.25. The van der Waals surface area contributed by atoms with Gasteiger partial charge in [0.05, 0.1) is 10.6 Å². The lowest BCUT2D eigenvalue weighted by atomic mass is 9.63. The Bertz CT molecular complexity index is 536. The molecule has 21 heavy (non-hydrogen) atoms. The molecule has 1 aliphatic carbocycles. The number of nitrogens with two attached hydrogens (primary N) is 1. The summed E-state index contributed by atoms with van der Waals surface area (Å²) < 4.78 is 0. The normalized spacial score (nSPS) is 21.0. The molecule has 1 aromatic carbocycles. The van der Waals surface area contributed by atoms with E-state index in [2.05, 4.69) is 33.0 Å². The van der Waals surface area contributed by atoms with Crippen LogP contribution >= 0.6 is 23.8 Å². The van der Waals surface area contributed by atoms with E-state index in [1.165, 1.54) is 6.42 Å². The molecule has 0 radical (unpaired) electrons. The number of thiocarbonyl (C=S) groups is 1. The molecular formula is C17H25ClN2S. The Morgan fingerprint density at radius 3 is 2.33 bits per heavy atom. The predicted molar refractivity (Wildman–Crippen MR) is 96.2 cm³/mol. The van der Waals surface area contributed by atoms with E-state index in [-0.39, 0.29) is 0 Å². The lowest BCUT2D eigenvalue weighted by Gasteiger charge is -2.45. The van der Waals surface area contributed by atoms with E-state index in [9.17, 15) is 0 Å². The molecule has 4 heteroatoms. The third-order valence-corrected chi connectivity index (χ3v) is 4.69. The van der Waals surface area contributed by atoms with Crippen molar-refractivity contribution in [2.24, 2.45) is 16.6 Å². The molecule has 0 unspecified atom stereocenters. The van der Waals surface area contributed by atoms with E-state index in [0.717, 1.165) is 24.1 Å². The maximum atomic E-state index is 6.25. The van der Waals surface area contributed by atoms with Gasteiger partial charge < -0.3 is 11.1 Å². The Morgan fingerprint density at radius 2 is 1.81 bits per heavy atom. The molecule has 116 valence electrons. The van der Waals surface area contributed by atoms with Crippen LogP contribution < -0.4 is 11.1 Å². The molecule has 0 aliphatic heterocycles. The molecule has 0 heterocycles. The summed E-state index contributed by atoms with van der Waals surface area (Å²) in [6.07, 6.45) is 3.52. The van der Waals surface area contributed by atoms with E-state index >= 15 is 0 Å². The Morgan fingerprint density at radius 1 is 1.24 bits per heavy atom. The number of nitrogens with one attached hydrogen (secondary N) is 1. The third kappa shape index (κ3) is 4.10. The summed E-state index contributed by atoms with van der Waals surface area (Å²) in [5.74, 6) is 0. The molecule has 2 rings (SSSR count). The highest BCUT2D eigenvalue weighted by Crippen LogP contribution is 2.46. The van der Waals surface area contributed by atoms with Gasteiger partial charge in [0.1, 0.15) is 4.99 Å². The van der Waals surface area contributed by atoms with Crippen LogP contribution in [0.3, 0.4) is 0 Å². The summed E-state index contributed by atoms with van der Waals surface area (Å²) in [6, 6.07) is 6.19. The van der Waals surface area contributed by atoms with Crippen molar-refractivity contribution in [3.05, 3.63) is 28.8 Å². The molecule has 0 bridgehead atoms. The summed E-state index contributed by atoms with van der Waals surface area (Å²) in [6.45, 7) is 9.37. The van der Waals surface area contributed by atoms with Gasteiger partial charge in [-0.2, -0.15) is 0 Å². The van der Waals surface area contributed by atoms with Crippen LogP contribution in [0, 0.1) is 10.8 Å². The Kier molecular flexibility index (Phi) is 4.55. The molecule has 1 saturated carbocycles. The molecule has 0 spiro atoms. The fourth-order valence-corrected chi connectivity index (χ4v) is 4.62. The Labute approximate surface area is 138 Å². The van der Waals surface area contributed by atoms with Crippen molar-refractivity contribution in [3.63, 3.8) is 0 Å². The van der Waals surface area contributed by atoms with Crippen LogP contribution in [-0.4, -0.2) is 11.0 Å². The fraction of sp³-hybridized carbons (Fsp3) is 0.588. The van der Waals surface area contributed by atoms with E-state index in [0.29, 0.717) is 26.9 Å². The number of anilines is 1. The van der Waals surface area contributed by atoms with Crippen LogP contribution in [0.15, 0.2) is 18.2 Å². The number of halogens is 1. The molecule has 0 atom stereocenters. The SMILES string of the molecule is CC1(C)CC(Nc2cccc(Cl)c2C(N)=S)CC(C)(C)C1. The van der Waals surface area contributed by atoms with Gasteiger partial charge in [-0.05, 0) is 42.2 Å². The molecule has 1 fully saturated rings. The van der Waals surface area contributed by atoms with Crippen LogP contribution in [0.25, 0.3) is 0 Å². The summed E-state index contributed by atoms with van der Waals surface area (Å²) in [5, 5.41) is 4.24. The van der Waals surface area contributed by atoms with Gasteiger partial charge in [-0.25, -0.2) is 0 Å². The lowest BCUT2D eigenvalue weighted by Crippen LogP contribution is -2.40. The zero-order valence-electron chi connectivity index (χ0n) is 13.3. The quantitative estimate of drug-likeness (QED) is 0.769. The first-order chi connectivity index (χ1) is 9.60. The first-order valence-corrected chi connectivity index (χ1v) is 8.23. The van der Waals surface area contributed by atoms with Gasteiger partial charge in [0, 0.05) is 11.7 Å². The summed E-state index contributed by atoms with van der Waals surface area (Å²) >= 11 is 11.4. The second kappa shape index (κ2) is 5.77. The van der Waals surface area contributed by atoms with Crippen LogP contribution in [0.1, 0.15) is 52.5 Å². The van der Waals surface area contributed by atoms with Gasteiger partial charge >= 0.3 is 0 Å². The van der Waals surface area contributed by atoms with Gasteiger partial charge in [0.25, 0.3) is 0 Å². The molecule has 2 nitrogen and oxygen atoms in total. The number of rotatable bonds is 3. The minimum atomic E-state index is 0.335. The van der Waals surface area contributed by atoms with Crippen molar-refractivity contribution >= 4 is 34.5 Å². The summed E-state index contributed by atoms with van der Waals surface area (Å²) in [4.78, 5) is 0.345. The van der Waals surface area contributed by atoms with E-state index in [1.807, 2.05) is 18.2 Å². The third-order valence-electron chi connectivity index (χ3n) is 4.17.